The summed E-state index contributed by atoms with van der Waals surface area (Å²) in [5.41, 5.74) is 9.38. The van der Waals surface area contributed by atoms with E-state index in [1.807, 2.05) is 48.0 Å². The highest BCUT2D eigenvalue weighted by Gasteiger charge is 2.11. The summed E-state index contributed by atoms with van der Waals surface area (Å²) in [4.78, 5) is 4.63. The number of aryl methyl sites for hydroxylation is 1. The Morgan fingerprint density at radius 1 is 1.20 bits per heavy atom. The van der Waals surface area contributed by atoms with Crippen LogP contribution in [0.3, 0.4) is 0 Å². The maximum absolute atomic E-state index is 6.03. The molecule has 0 atom stereocenters. The third-order valence-electron chi connectivity index (χ3n) is 3.33. The largest absolute Gasteiger partial charge is 0.495 e. The van der Waals surface area contributed by atoms with Crippen molar-refractivity contribution >= 4 is 28.3 Å². The van der Waals surface area contributed by atoms with Crippen LogP contribution in [0.25, 0.3) is 22.4 Å². The molecule has 0 saturated heterocycles. The van der Waals surface area contributed by atoms with E-state index in [9.17, 15) is 0 Å². The third-order valence-corrected chi connectivity index (χ3v) is 3.57. The van der Waals surface area contributed by atoms with Crippen molar-refractivity contribution in [3.05, 3.63) is 41.4 Å². The van der Waals surface area contributed by atoms with Gasteiger partial charge in [0.1, 0.15) is 11.6 Å². The van der Waals surface area contributed by atoms with Crippen molar-refractivity contribution < 1.29 is 4.74 Å². The SMILES string of the molecule is COc1ccc(-c2nc3ccc(Cl)cc3n2C)cc1N. The van der Waals surface area contributed by atoms with Gasteiger partial charge in [-0.3, -0.25) is 0 Å². The average Bonchev–Trinajstić information content (AvgIpc) is 2.76. The minimum atomic E-state index is 0.593. The van der Waals surface area contributed by atoms with Crippen molar-refractivity contribution in [2.75, 3.05) is 12.8 Å². The molecule has 0 bridgehead atoms. The van der Waals surface area contributed by atoms with Crippen LogP contribution in [0.1, 0.15) is 0 Å². The van der Waals surface area contributed by atoms with Gasteiger partial charge in [0.25, 0.3) is 0 Å². The summed E-state index contributed by atoms with van der Waals surface area (Å²) in [6, 6.07) is 11.3. The molecule has 1 aromatic heterocycles. The monoisotopic (exact) mass is 287 g/mol. The number of nitrogen functional groups attached to an aromatic ring is 1. The maximum atomic E-state index is 6.03. The first-order valence-electron chi connectivity index (χ1n) is 6.16. The normalized spacial score (nSPS) is 10.9. The number of hydrogen-bond acceptors (Lipinski definition) is 3. The van der Waals surface area contributed by atoms with Crippen molar-refractivity contribution in [1.82, 2.24) is 9.55 Å². The Bertz CT molecular complexity index is 795. The van der Waals surface area contributed by atoms with Gasteiger partial charge in [-0.1, -0.05) is 11.6 Å². The van der Waals surface area contributed by atoms with E-state index in [1.165, 1.54) is 0 Å². The molecule has 102 valence electrons. The first-order chi connectivity index (χ1) is 9.60. The number of ether oxygens (including phenoxy) is 1. The number of methoxy groups -OCH3 is 1. The highest BCUT2D eigenvalue weighted by molar-refractivity contribution is 6.31. The van der Waals surface area contributed by atoms with Gasteiger partial charge in [-0.2, -0.15) is 0 Å². The molecular weight excluding hydrogens is 274 g/mol. The molecule has 2 N–H and O–H groups in total. The molecule has 0 amide bonds. The highest BCUT2D eigenvalue weighted by Crippen LogP contribution is 2.30. The van der Waals surface area contributed by atoms with Crippen molar-refractivity contribution in [2.45, 2.75) is 0 Å². The molecule has 0 fully saturated rings. The topological polar surface area (TPSA) is 53.1 Å². The van der Waals surface area contributed by atoms with Crippen LogP contribution < -0.4 is 10.5 Å². The molecule has 5 heteroatoms. The van der Waals surface area contributed by atoms with E-state index < -0.39 is 0 Å². The first kappa shape index (κ1) is 12.8. The Labute approximate surface area is 121 Å². The lowest BCUT2D eigenvalue weighted by molar-refractivity contribution is 0.417. The predicted molar refractivity (Wildman–Crippen MR) is 82.1 cm³/mol. The van der Waals surface area contributed by atoms with Crippen LogP contribution >= 0.6 is 11.6 Å². The lowest BCUT2D eigenvalue weighted by atomic mass is 10.2. The summed E-state index contributed by atoms with van der Waals surface area (Å²) >= 11 is 6.03. The first-order valence-corrected chi connectivity index (χ1v) is 6.54. The second-order valence-corrected chi connectivity index (χ2v) is 5.02. The number of anilines is 1. The molecular formula is C15H14ClN3O. The van der Waals surface area contributed by atoms with E-state index in [1.54, 1.807) is 7.11 Å². The van der Waals surface area contributed by atoms with Crippen molar-refractivity contribution in [2.24, 2.45) is 7.05 Å². The molecule has 0 spiro atoms. The molecule has 0 saturated carbocycles. The Kier molecular flexibility index (Phi) is 3.03. The second kappa shape index (κ2) is 4.72. The van der Waals surface area contributed by atoms with Crippen LogP contribution in [-0.4, -0.2) is 16.7 Å². The minimum absolute atomic E-state index is 0.593. The van der Waals surface area contributed by atoms with Gasteiger partial charge in [-0.15, -0.1) is 0 Å². The van der Waals surface area contributed by atoms with Crippen LogP contribution in [-0.2, 0) is 7.05 Å². The fraction of sp³-hybridized carbons (Fsp3) is 0.133. The molecule has 3 rings (SSSR count). The minimum Gasteiger partial charge on any atom is -0.495 e. The maximum Gasteiger partial charge on any atom is 0.141 e. The van der Waals surface area contributed by atoms with Crippen LogP contribution in [0.15, 0.2) is 36.4 Å². The van der Waals surface area contributed by atoms with Gasteiger partial charge < -0.3 is 15.0 Å². The quantitative estimate of drug-likeness (QED) is 0.734. The summed E-state index contributed by atoms with van der Waals surface area (Å²) in [5, 5.41) is 0.696. The Hall–Kier alpha value is -2.20. The van der Waals surface area contributed by atoms with Crippen molar-refractivity contribution in [3.8, 4) is 17.1 Å². The average molecular weight is 288 g/mol. The number of nitrogens with zero attached hydrogens (tertiary/aromatic N) is 2. The van der Waals surface area contributed by atoms with Gasteiger partial charge >= 0.3 is 0 Å². The smallest absolute Gasteiger partial charge is 0.141 e. The van der Waals surface area contributed by atoms with E-state index in [0.717, 1.165) is 22.4 Å². The summed E-state index contributed by atoms with van der Waals surface area (Å²) in [6.07, 6.45) is 0. The van der Waals surface area contributed by atoms with Crippen LogP contribution in [0.2, 0.25) is 5.02 Å². The molecule has 0 aliphatic carbocycles. The number of aromatic nitrogens is 2. The Morgan fingerprint density at radius 3 is 2.70 bits per heavy atom. The Morgan fingerprint density at radius 2 is 2.00 bits per heavy atom. The number of benzene rings is 2. The van der Waals surface area contributed by atoms with Gasteiger partial charge in [-0.25, -0.2) is 4.98 Å². The van der Waals surface area contributed by atoms with Gasteiger partial charge in [0.2, 0.25) is 0 Å². The molecule has 3 aromatic rings. The van der Waals surface area contributed by atoms with Gasteiger partial charge in [0.05, 0.1) is 23.8 Å². The van der Waals surface area contributed by atoms with Crippen LogP contribution in [0.4, 0.5) is 5.69 Å². The van der Waals surface area contributed by atoms with Crippen molar-refractivity contribution in [3.63, 3.8) is 0 Å². The zero-order valence-electron chi connectivity index (χ0n) is 11.2. The number of rotatable bonds is 2. The summed E-state index contributed by atoms with van der Waals surface area (Å²) in [5.74, 6) is 1.51. The van der Waals surface area contributed by atoms with Gasteiger partial charge in [0.15, 0.2) is 0 Å². The predicted octanol–water partition coefficient (Wildman–Crippen LogP) is 3.48. The highest BCUT2D eigenvalue weighted by atomic mass is 35.5. The fourth-order valence-electron chi connectivity index (χ4n) is 2.29. The lowest BCUT2D eigenvalue weighted by Crippen LogP contribution is -1.96. The molecule has 1 heterocycles. The van der Waals surface area contributed by atoms with Crippen molar-refractivity contribution in [1.29, 1.82) is 0 Å². The van der Waals surface area contributed by atoms with E-state index in [0.29, 0.717) is 16.5 Å². The molecule has 20 heavy (non-hydrogen) atoms. The molecule has 0 unspecified atom stereocenters. The number of hydrogen-bond donors (Lipinski definition) is 1. The third kappa shape index (κ3) is 1.98. The van der Waals surface area contributed by atoms with Crippen LogP contribution in [0, 0.1) is 0 Å². The molecule has 2 aromatic carbocycles. The zero-order valence-corrected chi connectivity index (χ0v) is 12.0. The lowest BCUT2D eigenvalue weighted by Gasteiger charge is -2.07. The summed E-state index contributed by atoms with van der Waals surface area (Å²) in [7, 11) is 3.56. The zero-order chi connectivity index (χ0) is 14.3. The number of fused-ring (bicyclic) bond motifs is 1. The molecule has 0 aliphatic rings. The number of imidazole rings is 1. The van der Waals surface area contributed by atoms with E-state index in [-0.39, 0.29) is 0 Å². The van der Waals surface area contributed by atoms with E-state index >= 15 is 0 Å². The fourth-order valence-corrected chi connectivity index (χ4v) is 2.46. The van der Waals surface area contributed by atoms with E-state index in [2.05, 4.69) is 4.98 Å². The Balaban J connectivity index is 2.19. The molecule has 4 nitrogen and oxygen atoms in total. The second-order valence-electron chi connectivity index (χ2n) is 4.58. The molecule has 0 aliphatic heterocycles. The number of nitrogens with two attached hydrogens (primary N) is 1. The number of halogens is 1. The molecule has 0 radical (unpaired) electrons. The standard InChI is InChI=1S/C15H14ClN3O/c1-19-13-8-10(16)4-5-12(13)18-15(19)9-3-6-14(20-2)11(17)7-9/h3-8H,17H2,1-2H3. The van der Waals surface area contributed by atoms with Gasteiger partial charge in [-0.05, 0) is 36.4 Å². The van der Waals surface area contributed by atoms with Crippen LogP contribution in [0.5, 0.6) is 5.75 Å². The van der Waals surface area contributed by atoms with E-state index in [4.69, 9.17) is 22.1 Å². The summed E-state index contributed by atoms with van der Waals surface area (Å²) in [6.45, 7) is 0. The van der Waals surface area contributed by atoms with Gasteiger partial charge in [0, 0.05) is 17.6 Å². The summed E-state index contributed by atoms with van der Waals surface area (Å²) < 4.78 is 7.17.